The van der Waals surface area contributed by atoms with Gasteiger partial charge in [0.15, 0.2) is 5.82 Å². The molecular formula is C16H22N6O2. The first kappa shape index (κ1) is 15.3. The number of rotatable bonds is 4. The zero-order valence-corrected chi connectivity index (χ0v) is 13.9. The van der Waals surface area contributed by atoms with Gasteiger partial charge in [-0.3, -0.25) is 9.69 Å². The Labute approximate surface area is 140 Å². The number of nitrogens with one attached hydrogen (secondary N) is 1. The fraction of sp³-hybridized carbons (Fsp3) is 0.625. The molecule has 2 aromatic heterocycles. The van der Waals surface area contributed by atoms with Crippen LogP contribution in [0, 0.1) is 6.92 Å². The van der Waals surface area contributed by atoms with Crippen molar-refractivity contribution >= 4 is 11.7 Å². The molecule has 24 heavy (non-hydrogen) atoms. The average molecular weight is 330 g/mol. The molecule has 1 fully saturated rings. The first-order chi connectivity index (χ1) is 11.7. The third-order valence-electron chi connectivity index (χ3n) is 4.85. The molecule has 4 heterocycles. The number of nitrogens with zero attached hydrogens (tertiary/aromatic N) is 5. The molecule has 4 rings (SSSR count). The van der Waals surface area contributed by atoms with E-state index in [0.29, 0.717) is 24.0 Å². The van der Waals surface area contributed by atoms with Gasteiger partial charge in [0.05, 0.1) is 6.54 Å². The van der Waals surface area contributed by atoms with Crippen LogP contribution in [0.1, 0.15) is 42.6 Å². The highest BCUT2D eigenvalue weighted by Crippen LogP contribution is 2.29. The zero-order valence-electron chi connectivity index (χ0n) is 13.9. The van der Waals surface area contributed by atoms with E-state index in [2.05, 4.69) is 30.1 Å². The van der Waals surface area contributed by atoms with Crippen molar-refractivity contribution in [3.8, 4) is 0 Å². The third kappa shape index (κ3) is 3.06. The van der Waals surface area contributed by atoms with Crippen LogP contribution in [0.2, 0.25) is 0 Å². The number of amides is 1. The van der Waals surface area contributed by atoms with Gasteiger partial charge in [-0.15, -0.1) is 10.2 Å². The molecule has 0 radical (unpaired) electrons. The summed E-state index contributed by atoms with van der Waals surface area (Å²) >= 11 is 0. The highest BCUT2D eigenvalue weighted by Gasteiger charge is 2.28. The smallest absolute Gasteiger partial charge is 0.239 e. The number of likely N-dealkylation sites (tertiary alicyclic amines) is 1. The summed E-state index contributed by atoms with van der Waals surface area (Å²) in [6.07, 6.45) is 4.27. The lowest BCUT2D eigenvalue weighted by Crippen LogP contribution is -2.39. The van der Waals surface area contributed by atoms with E-state index in [1.54, 1.807) is 13.0 Å². The Morgan fingerprint density at radius 1 is 1.33 bits per heavy atom. The number of aromatic nitrogens is 4. The van der Waals surface area contributed by atoms with Crippen LogP contribution in [0.4, 0.5) is 5.82 Å². The summed E-state index contributed by atoms with van der Waals surface area (Å²) in [4.78, 5) is 14.3. The molecule has 0 spiro atoms. The molecule has 8 heteroatoms. The van der Waals surface area contributed by atoms with Crippen molar-refractivity contribution < 1.29 is 9.32 Å². The minimum absolute atomic E-state index is 0.0508. The molecule has 0 aromatic carbocycles. The first-order valence-corrected chi connectivity index (χ1v) is 8.56. The van der Waals surface area contributed by atoms with Crippen LogP contribution < -0.4 is 5.32 Å². The lowest BCUT2D eigenvalue weighted by Gasteiger charge is -2.30. The maximum absolute atomic E-state index is 12.1. The van der Waals surface area contributed by atoms with Gasteiger partial charge < -0.3 is 14.4 Å². The molecule has 0 bridgehead atoms. The monoisotopic (exact) mass is 330 g/mol. The largest absolute Gasteiger partial charge is 0.360 e. The van der Waals surface area contributed by atoms with Crippen molar-refractivity contribution in [3.05, 3.63) is 23.5 Å². The Kier molecular flexibility index (Phi) is 4.05. The normalized spacial score (nSPS) is 18.7. The van der Waals surface area contributed by atoms with Gasteiger partial charge >= 0.3 is 0 Å². The Bertz CT molecular complexity index is 729. The van der Waals surface area contributed by atoms with Crippen LogP contribution in [0.3, 0.4) is 0 Å². The summed E-state index contributed by atoms with van der Waals surface area (Å²) in [6.45, 7) is 5.04. The first-order valence-electron chi connectivity index (χ1n) is 8.56. The van der Waals surface area contributed by atoms with Gasteiger partial charge in [-0.05, 0) is 39.3 Å². The van der Waals surface area contributed by atoms with Crippen molar-refractivity contribution in [2.45, 2.75) is 45.1 Å². The highest BCUT2D eigenvalue weighted by molar-refractivity contribution is 5.91. The molecule has 0 atom stereocenters. The van der Waals surface area contributed by atoms with Gasteiger partial charge in [0.1, 0.15) is 17.4 Å². The molecule has 1 amide bonds. The van der Waals surface area contributed by atoms with Gasteiger partial charge in [-0.25, -0.2) is 0 Å². The number of hydrogen-bond donors (Lipinski definition) is 1. The predicted octanol–water partition coefficient (Wildman–Crippen LogP) is 1.34. The Morgan fingerprint density at radius 2 is 2.17 bits per heavy atom. The van der Waals surface area contributed by atoms with E-state index in [1.165, 1.54) is 6.42 Å². The van der Waals surface area contributed by atoms with Crippen molar-refractivity contribution in [1.82, 2.24) is 24.8 Å². The van der Waals surface area contributed by atoms with E-state index in [4.69, 9.17) is 4.52 Å². The Morgan fingerprint density at radius 3 is 2.92 bits per heavy atom. The molecule has 0 aliphatic carbocycles. The van der Waals surface area contributed by atoms with Crippen LogP contribution >= 0.6 is 0 Å². The lowest BCUT2D eigenvalue weighted by atomic mass is 9.96. The number of hydrogen-bond acceptors (Lipinski definition) is 6. The highest BCUT2D eigenvalue weighted by atomic mass is 16.5. The molecule has 0 saturated carbocycles. The fourth-order valence-electron chi connectivity index (χ4n) is 3.64. The lowest BCUT2D eigenvalue weighted by molar-refractivity contribution is -0.117. The van der Waals surface area contributed by atoms with E-state index < -0.39 is 0 Å². The maximum atomic E-state index is 12.1. The van der Waals surface area contributed by atoms with E-state index >= 15 is 0 Å². The van der Waals surface area contributed by atoms with Crippen LogP contribution in [0.5, 0.6) is 0 Å². The van der Waals surface area contributed by atoms with E-state index in [1.807, 2.05) is 0 Å². The van der Waals surface area contributed by atoms with Crippen LogP contribution in [-0.2, 0) is 17.8 Å². The van der Waals surface area contributed by atoms with E-state index in [0.717, 1.165) is 50.5 Å². The summed E-state index contributed by atoms with van der Waals surface area (Å²) in [5.74, 6) is 3.85. The van der Waals surface area contributed by atoms with Crippen LogP contribution in [0.15, 0.2) is 10.6 Å². The fourth-order valence-corrected chi connectivity index (χ4v) is 3.64. The van der Waals surface area contributed by atoms with E-state index in [9.17, 15) is 4.79 Å². The zero-order chi connectivity index (χ0) is 16.5. The van der Waals surface area contributed by atoms with Crippen molar-refractivity contribution in [2.24, 2.45) is 0 Å². The SMILES string of the molecule is Cc1cc(NC(=O)CN2CCC(c3nnc4n3CCC4)CC2)no1. The Hall–Kier alpha value is -2.22. The third-order valence-corrected chi connectivity index (χ3v) is 4.85. The second-order valence-corrected chi connectivity index (χ2v) is 6.65. The molecule has 0 unspecified atom stereocenters. The molecular weight excluding hydrogens is 308 g/mol. The summed E-state index contributed by atoms with van der Waals surface area (Å²) in [6, 6.07) is 1.72. The van der Waals surface area contributed by atoms with Crippen molar-refractivity contribution in [3.63, 3.8) is 0 Å². The van der Waals surface area contributed by atoms with Crippen LogP contribution in [0.25, 0.3) is 0 Å². The number of fused-ring (bicyclic) bond motifs is 1. The molecule has 2 aliphatic heterocycles. The topological polar surface area (TPSA) is 89.1 Å². The molecule has 8 nitrogen and oxygen atoms in total. The minimum atomic E-state index is -0.0508. The summed E-state index contributed by atoms with van der Waals surface area (Å²) in [7, 11) is 0. The summed E-state index contributed by atoms with van der Waals surface area (Å²) < 4.78 is 7.25. The van der Waals surface area contributed by atoms with Crippen molar-refractivity contribution in [1.29, 1.82) is 0 Å². The predicted molar refractivity (Wildman–Crippen MR) is 86.6 cm³/mol. The number of aryl methyl sites for hydroxylation is 2. The number of carbonyl (C=O) groups excluding carboxylic acids is 1. The summed E-state index contributed by atoms with van der Waals surface area (Å²) in [5.41, 5.74) is 0. The van der Waals surface area contributed by atoms with Gasteiger partial charge in [0, 0.05) is 24.9 Å². The molecule has 2 aromatic rings. The maximum Gasteiger partial charge on any atom is 0.239 e. The quantitative estimate of drug-likeness (QED) is 0.910. The number of anilines is 1. The van der Waals surface area contributed by atoms with Gasteiger partial charge in [-0.2, -0.15) is 0 Å². The molecule has 1 N–H and O–H groups in total. The molecule has 2 aliphatic rings. The standard InChI is InChI=1S/C16H22N6O2/c1-11-9-13(20-24-11)17-15(23)10-21-7-4-12(5-8-21)16-19-18-14-3-2-6-22(14)16/h9,12H,2-8,10H2,1H3,(H,17,20,23). The second kappa shape index (κ2) is 6.35. The number of carbonyl (C=O) groups is 1. The Balaban J connectivity index is 1.29. The van der Waals surface area contributed by atoms with Crippen LogP contribution in [-0.4, -0.2) is 50.4 Å². The summed E-state index contributed by atoms with van der Waals surface area (Å²) in [5, 5.41) is 15.3. The second-order valence-electron chi connectivity index (χ2n) is 6.65. The van der Waals surface area contributed by atoms with E-state index in [-0.39, 0.29) is 5.91 Å². The van der Waals surface area contributed by atoms with Gasteiger partial charge in [0.2, 0.25) is 5.91 Å². The molecule has 128 valence electrons. The average Bonchev–Trinajstić information content (AvgIpc) is 3.25. The van der Waals surface area contributed by atoms with Gasteiger partial charge in [0.25, 0.3) is 0 Å². The minimum Gasteiger partial charge on any atom is -0.360 e. The number of piperidine rings is 1. The van der Waals surface area contributed by atoms with Gasteiger partial charge in [-0.1, -0.05) is 5.16 Å². The molecule has 1 saturated heterocycles. The van der Waals surface area contributed by atoms with Crippen molar-refractivity contribution in [2.75, 3.05) is 25.0 Å².